The predicted molar refractivity (Wildman–Crippen MR) is 80.5 cm³/mol. The zero-order chi connectivity index (χ0) is 15.6. The van der Waals surface area contributed by atoms with E-state index in [1.165, 1.54) is 6.07 Å². The highest BCUT2D eigenvalue weighted by atomic mass is 35.5. The van der Waals surface area contributed by atoms with E-state index in [-0.39, 0.29) is 17.6 Å². The minimum absolute atomic E-state index is 0.0232. The molecule has 1 heterocycles. The van der Waals surface area contributed by atoms with Crippen LogP contribution in [0.25, 0.3) is 10.9 Å². The number of aromatic nitrogens is 1. The number of carbonyl (C=O) groups excluding carboxylic acids is 1. The lowest BCUT2D eigenvalue weighted by molar-refractivity contribution is -0.146. The molecule has 0 fully saturated rings. The van der Waals surface area contributed by atoms with E-state index in [1.807, 2.05) is 0 Å². The van der Waals surface area contributed by atoms with E-state index in [9.17, 15) is 9.59 Å². The molecule has 2 aromatic rings. The second kappa shape index (κ2) is 5.69. The fraction of sp³-hybridized carbons (Fsp3) is 0.267. The van der Waals surface area contributed by atoms with Crippen LogP contribution in [-0.4, -0.2) is 28.5 Å². The molecule has 1 aromatic heterocycles. The van der Waals surface area contributed by atoms with Crippen LogP contribution in [0.5, 0.6) is 0 Å². The number of nitrogens with one attached hydrogen (secondary N) is 1. The van der Waals surface area contributed by atoms with Crippen LogP contribution in [0, 0.1) is 5.41 Å². The van der Waals surface area contributed by atoms with Crippen molar-refractivity contribution in [3.8, 4) is 0 Å². The fourth-order valence-electron chi connectivity index (χ4n) is 1.80. The summed E-state index contributed by atoms with van der Waals surface area (Å²) in [7, 11) is 0. The molecule has 0 bridgehead atoms. The number of rotatable bonds is 4. The number of carbonyl (C=O) groups is 2. The summed E-state index contributed by atoms with van der Waals surface area (Å²) in [6.45, 7) is 3.12. The van der Waals surface area contributed by atoms with Gasteiger partial charge in [0.15, 0.2) is 0 Å². The number of nitrogens with zero attached hydrogens (tertiary/aromatic N) is 1. The highest BCUT2D eigenvalue weighted by molar-refractivity contribution is 6.30. The largest absolute Gasteiger partial charge is 0.481 e. The monoisotopic (exact) mass is 306 g/mol. The molecule has 0 spiro atoms. The topological polar surface area (TPSA) is 79.3 Å². The zero-order valence-electron chi connectivity index (χ0n) is 11.7. The number of aliphatic carboxylic acids is 1. The second-order valence-electron chi connectivity index (χ2n) is 5.38. The van der Waals surface area contributed by atoms with E-state index >= 15 is 0 Å². The van der Waals surface area contributed by atoms with Gasteiger partial charge in [-0.2, -0.15) is 0 Å². The summed E-state index contributed by atoms with van der Waals surface area (Å²) in [6.07, 6.45) is 0. The van der Waals surface area contributed by atoms with Crippen LogP contribution >= 0.6 is 11.6 Å². The van der Waals surface area contributed by atoms with Crippen molar-refractivity contribution in [1.82, 2.24) is 10.3 Å². The molecule has 21 heavy (non-hydrogen) atoms. The summed E-state index contributed by atoms with van der Waals surface area (Å²) in [4.78, 5) is 27.5. The summed E-state index contributed by atoms with van der Waals surface area (Å²) >= 11 is 5.92. The van der Waals surface area contributed by atoms with E-state index in [4.69, 9.17) is 16.7 Å². The molecule has 0 aliphatic rings. The Balaban J connectivity index is 2.30. The second-order valence-corrected chi connectivity index (χ2v) is 5.77. The van der Waals surface area contributed by atoms with Gasteiger partial charge in [0, 0.05) is 11.9 Å². The van der Waals surface area contributed by atoms with Crippen LogP contribution in [0.15, 0.2) is 30.3 Å². The molecule has 2 N–H and O–H groups in total. The average molecular weight is 307 g/mol. The molecule has 110 valence electrons. The van der Waals surface area contributed by atoms with Gasteiger partial charge in [-0.05, 0) is 26.0 Å². The Hall–Kier alpha value is -2.14. The molecule has 0 unspecified atom stereocenters. The third-order valence-corrected chi connectivity index (χ3v) is 3.39. The lowest BCUT2D eigenvalue weighted by atomic mass is 9.94. The standard InChI is InChI=1S/C15H15ClN2O3/c1-15(2,14(20)21)8-17-13(19)10-7-12(16)18-11-6-4-3-5-9(10)11/h3-7H,8H2,1-2H3,(H,17,19)(H,20,21). The number of carboxylic acids is 1. The normalized spacial score (nSPS) is 11.4. The molecule has 5 nitrogen and oxygen atoms in total. The Labute approximate surface area is 126 Å². The number of pyridine rings is 1. The van der Waals surface area contributed by atoms with Crippen molar-refractivity contribution in [3.05, 3.63) is 41.0 Å². The third-order valence-electron chi connectivity index (χ3n) is 3.20. The number of amides is 1. The first kappa shape index (κ1) is 15.3. The highest BCUT2D eigenvalue weighted by Crippen LogP contribution is 2.21. The zero-order valence-corrected chi connectivity index (χ0v) is 12.4. The molecule has 0 radical (unpaired) electrons. The molecule has 0 aliphatic carbocycles. The number of para-hydroxylation sites is 1. The van der Waals surface area contributed by atoms with Gasteiger partial charge in [-0.1, -0.05) is 29.8 Å². The van der Waals surface area contributed by atoms with Crippen molar-refractivity contribution < 1.29 is 14.7 Å². The van der Waals surface area contributed by atoms with E-state index in [1.54, 1.807) is 38.1 Å². The molecular weight excluding hydrogens is 292 g/mol. The quantitative estimate of drug-likeness (QED) is 0.851. The van der Waals surface area contributed by atoms with Crippen LogP contribution in [-0.2, 0) is 4.79 Å². The van der Waals surface area contributed by atoms with Gasteiger partial charge in [0.1, 0.15) is 5.15 Å². The smallest absolute Gasteiger partial charge is 0.310 e. The van der Waals surface area contributed by atoms with Gasteiger partial charge in [0.25, 0.3) is 5.91 Å². The molecule has 0 saturated heterocycles. The number of fused-ring (bicyclic) bond motifs is 1. The average Bonchev–Trinajstić information content (AvgIpc) is 2.43. The maximum Gasteiger partial charge on any atom is 0.310 e. The van der Waals surface area contributed by atoms with Gasteiger partial charge in [-0.25, -0.2) is 4.98 Å². The molecule has 0 aliphatic heterocycles. The van der Waals surface area contributed by atoms with Crippen LogP contribution in [0.1, 0.15) is 24.2 Å². The van der Waals surface area contributed by atoms with Gasteiger partial charge in [-0.3, -0.25) is 9.59 Å². The Morgan fingerprint density at radius 1 is 1.33 bits per heavy atom. The Kier molecular flexibility index (Phi) is 4.14. The molecule has 0 atom stereocenters. The van der Waals surface area contributed by atoms with Gasteiger partial charge >= 0.3 is 5.97 Å². The minimum atomic E-state index is -1.04. The summed E-state index contributed by atoms with van der Waals surface area (Å²) in [6, 6.07) is 8.62. The first-order valence-corrected chi connectivity index (χ1v) is 6.76. The van der Waals surface area contributed by atoms with E-state index in [0.29, 0.717) is 16.5 Å². The van der Waals surface area contributed by atoms with Crippen LogP contribution < -0.4 is 5.32 Å². The number of carboxylic acid groups (broad SMARTS) is 1. The van der Waals surface area contributed by atoms with Crippen molar-refractivity contribution in [2.45, 2.75) is 13.8 Å². The van der Waals surface area contributed by atoms with Crippen molar-refractivity contribution in [3.63, 3.8) is 0 Å². The molecule has 1 aromatic carbocycles. The number of hydrogen-bond acceptors (Lipinski definition) is 3. The number of hydrogen-bond donors (Lipinski definition) is 2. The van der Waals surface area contributed by atoms with E-state index in [2.05, 4.69) is 10.3 Å². The van der Waals surface area contributed by atoms with Gasteiger partial charge < -0.3 is 10.4 Å². The maximum atomic E-state index is 12.3. The van der Waals surface area contributed by atoms with Gasteiger partial charge in [-0.15, -0.1) is 0 Å². The molecule has 0 saturated carbocycles. The van der Waals surface area contributed by atoms with Crippen molar-refractivity contribution >= 4 is 34.4 Å². The van der Waals surface area contributed by atoms with Crippen molar-refractivity contribution in [2.24, 2.45) is 5.41 Å². The SMILES string of the molecule is CC(C)(CNC(=O)c1cc(Cl)nc2ccccc12)C(=O)O. The molecule has 1 amide bonds. The number of benzene rings is 1. The molecule has 6 heteroatoms. The lowest BCUT2D eigenvalue weighted by Crippen LogP contribution is -2.39. The highest BCUT2D eigenvalue weighted by Gasteiger charge is 2.28. The third kappa shape index (κ3) is 3.31. The van der Waals surface area contributed by atoms with E-state index in [0.717, 1.165) is 0 Å². The van der Waals surface area contributed by atoms with Gasteiger partial charge in [0.05, 0.1) is 16.5 Å². The Bertz CT molecular complexity index is 713. The molecule has 2 rings (SSSR count). The minimum Gasteiger partial charge on any atom is -0.481 e. The van der Waals surface area contributed by atoms with Crippen LogP contribution in [0.4, 0.5) is 0 Å². The fourth-order valence-corrected chi connectivity index (χ4v) is 2.00. The predicted octanol–water partition coefficient (Wildman–Crippen LogP) is 2.73. The summed E-state index contributed by atoms with van der Waals surface area (Å²) in [5.41, 5.74) is -0.0399. The summed E-state index contributed by atoms with van der Waals surface area (Å²) in [5.74, 6) is -1.34. The van der Waals surface area contributed by atoms with Crippen LogP contribution in [0.2, 0.25) is 5.15 Å². The Morgan fingerprint density at radius 3 is 2.67 bits per heavy atom. The first-order valence-electron chi connectivity index (χ1n) is 6.38. The summed E-state index contributed by atoms with van der Waals surface area (Å²) in [5, 5.41) is 12.6. The van der Waals surface area contributed by atoms with Gasteiger partial charge in [0.2, 0.25) is 0 Å². The summed E-state index contributed by atoms with van der Waals surface area (Å²) < 4.78 is 0. The first-order chi connectivity index (χ1) is 9.81. The van der Waals surface area contributed by atoms with Crippen molar-refractivity contribution in [2.75, 3.05) is 6.54 Å². The molecular formula is C15H15ClN2O3. The van der Waals surface area contributed by atoms with Crippen molar-refractivity contribution in [1.29, 1.82) is 0 Å². The lowest BCUT2D eigenvalue weighted by Gasteiger charge is -2.19. The van der Waals surface area contributed by atoms with Crippen LogP contribution in [0.3, 0.4) is 0 Å². The number of halogens is 1. The van der Waals surface area contributed by atoms with E-state index < -0.39 is 11.4 Å². The Morgan fingerprint density at radius 2 is 2.00 bits per heavy atom. The maximum absolute atomic E-state index is 12.3.